The van der Waals surface area contributed by atoms with Crippen LogP contribution in [-0.2, 0) is 0 Å². The molecule has 0 bridgehead atoms. The Labute approximate surface area is 91.9 Å². The molecule has 1 aromatic carbocycles. The summed E-state index contributed by atoms with van der Waals surface area (Å²) in [7, 11) is 0. The summed E-state index contributed by atoms with van der Waals surface area (Å²) in [5.74, 6) is -0.113. The number of aromatic nitrogens is 2. The maximum atomic E-state index is 11.6. The standard InChI is InChI=1S/C11H9N3O2/c12-10-9(13-6-7-14-10)11(15)16-8-4-2-1-3-5-8/h1-7H,(H2,12,14). The summed E-state index contributed by atoms with van der Waals surface area (Å²) in [6.45, 7) is 0. The number of nitrogens with two attached hydrogens (primary N) is 1. The van der Waals surface area contributed by atoms with Crippen LogP contribution in [0.25, 0.3) is 0 Å². The van der Waals surface area contributed by atoms with Crippen LogP contribution in [0.5, 0.6) is 5.75 Å². The van der Waals surface area contributed by atoms with E-state index in [0.717, 1.165) is 0 Å². The van der Waals surface area contributed by atoms with E-state index in [2.05, 4.69) is 9.97 Å². The van der Waals surface area contributed by atoms with E-state index in [-0.39, 0.29) is 11.5 Å². The van der Waals surface area contributed by atoms with E-state index in [0.29, 0.717) is 5.75 Å². The number of carbonyl (C=O) groups is 1. The molecular weight excluding hydrogens is 206 g/mol. The molecule has 0 radical (unpaired) electrons. The third-order valence-corrected chi connectivity index (χ3v) is 1.87. The molecule has 16 heavy (non-hydrogen) atoms. The number of nitrogens with zero attached hydrogens (tertiary/aromatic N) is 2. The van der Waals surface area contributed by atoms with Gasteiger partial charge in [-0.1, -0.05) is 18.2 Å². The molecule has 2 N–H and O–H groups in total. The third kappa shape index (κ3) is 2.14. The van der Waals surface area contributed by atoms with E-state index in [1.807, 2.05) is 6.07 Å². The zero-order chi connectivity index (χ0) is 11.4. The topological polar surface area (TPSA) is 78.1 Å². The van der Waals surface area contributed by atoms with E-state index in [1.165, 1.54) is 12.4 Å². The quantitative estimate of drug-likeness (QED) is 0.603. The van der Waals surface area contributed by atoms with Gasteiger partial charge in [-0.05, 0) is 12.1 Å². The van der Waals surface area contributed by atoms with Gasteiger partial charge in [0.25, 0.3) is 0 Å². The van der Waals surface area contributed by atoms with Crippen molar-refractivity contribution in [2.45, 2.75) is 0 Å². The normalized spacial score (nSPS) is 9.75. The largest absolute Gasteiger partial charge is 0.422 e. The maximum Gasteiger partial charge on any atom is 0.366 e. The van der Waals surface area contributed by atoms with Crippen LogP contribution in [0.3, 0.4) is 0 Å². The predicted octanol–water partition coefficient (Wildman–Crippen LogP) is 1.28. The van der Waals surface area contributed by atoms with Crippen molar-refractivity contribution >= 4 is 11.8 Å². The van der Waals surface area contributed by atoms with Gasteiger partial charge in [0.2, 0.25) is 0 Å². The lowest BCUT2D eigenvalue weighted by Gasteiger charge is -2.04. The van der Waals surface area contributed by atoms with Gasteiger partial charge in [0, 0.05) is 12.4 Å². The van der Waals surface area contributed by atoms with Crippen LogP contribution in [0.4, 0.5) is 5.82 Å². The van der Waals surface area contributed by atoms with Crippen molar-refractivity contribution in [2.24, 2.45) is 0 Å². The number of anilines is 1. The van der Waals surface area contributed by atoms with Gasteiger partial charge in [0.05, 0.1) is 0 Å². The first-order chi connectivity index (χ1) is 7.77. The molecular formula is C11H9N3O2. The minimum absolute atomic E-state index is 0.0198. The number of hydrogen-bond acceptors (Lipinski definition) is 5. The lowest BCUT2D eigenvalue weighted by Crippen LogP contribution is -2.13. The van der Waals surface area contributed by atoms with Crippen LogP contribution in [-0.4, -0.2) is 15.9 Å². The fourth-order valence-corrected chi connectivity index (χ4v) is 1.15. The highest BCUT2D eigenvalue weighted by Crippen LogP contribution is 2.12. The lowest BCUT2D eigenvalue weighted by molar-refractivity contribution is 0.0729. The fraction of sp³-hybridized carbons (Fsp3) is 0. The molecule has 0 saturated heterocycles. The number of esters is 1. The van der Waals surface area contributed by atoms with Gasteiger partial charge in [-0.25, -0.2) is 14.8 Å². The molecule has 5 heteroatoms. The Balaban J connectivity index is 2.19. The zero-order valence-electron chi connectivity index (χ0n) is 8.33. The lowest BCUT2D eigenvalue weighted by atomic mass is 10.3. The van der Waals surface area contributed by atoms with Gasteiger partial charge in [-0.15, -0.1) is 0 Å². The zero-order valence-corrected chi connectivity index (χ0v) is 8.33. The van der Waals surface area contributed by atoms with Gasteiger partial charge < -0.3 is 10.5 Å². The number of para-hydroxylation sites is 1. The van der Waals surface area contributed by atoms with Crippen LogP contribution in [0.1, 0.15) is 10.5 Å². The highest BCUT2D eigenvalue weighted by molar-refractivity contribution is 5.93. The van der Waals surface area contributed by atoms with E-state index in [4.69, 9.17) is 10.5 Å². The van der Waals surface area contributed by atoms with Crippen molar-refractivity contribution in [1.82, 2.24) is 9.97 Å². The Morgan fingerprint density at radius 1 is 1.12 bits per heavy atom. The second kappa shape index (κ2) is 4.39. The average Bonchev–Trinajstić information content (AvgIpc) is 2.31. The average molecular weight is 215 g/mol. The van der Waals surface area contributed by atoms with Crippen LogP contribution < -0.4 is 10.5 Å². The molecule has 5 nitrogen and oxygen atoms in total. The Kier molecular flexibility index (Phi) is 2.77. The molecule has 80 valence electrons. The summed E-state index contributed by atoms with van der Waals surface area (Å²) in [6.07, 6.45) is 2.80. The van der Waals surface area contributed by atoms with Crippen molar-refractivity contribution in [3.8, 4) is 5.75 Å². The molecule has 0 fully saturated rings. The molecule has 2 aromatic rings. The van der Waals surface area contributed by atoms with Gasteiger partial charge >= 0.3 is 5.97 Å². The van der Waals surface area contributed by atoms with Crippen LogP contribution in [0.2, 0.25) is 0 Å². The van der Waals surface area contributed by atoms with Gasteiger partial charge in [0.1, 0.15) is 5.75 Å². The molecule has 0 saturated carbocycles. The fourth-order valence-electron chi connectivity index (χ4n) is 1.15. The molecule has 0 aliphatic heterocycles. The molecule has 0 aliphatic carbocycles. The van der Waals surface area contributed by atoms with Gasteiger partial charge in [0.15, 0.2) is 11.5 Å². The van der Waals surface area contributed by atoms with Gasteiger partial charge in [-0.3, -0.25) is 0 Å². The number of rotatable bonds is 2. The van der Waals surface area contributed by atoms with Crippen LogP contribution in [0, 0.1) is 0 Å². The van der Waals surface area contributed by atoms with Crippen molar-refractivity contribution in [1.29, 1.82) is 0 Å². The number of ether oxygens (including phenoxy) is 1. The first kappa shape index (κ1) is 10.1. The molecule has 1 heterocycles. The first-order valence-corrected chi connectivity index (χ1v) is 4.61. The van der Waals surface area contributed by atoms with Gasteiger partial charge in [-0.2, -0.15) is 0 Å². The molecule has 0 amide bonds. The van der Waals surface area contributed by atoms with Crippen molar-refractivity contribution in [3.05, 3.63) is 48.4 Å². The Hall–Kier alpha value is -2.43. The Morgan fingerprint density at radius 3 is 2.50 bits per heavy atom. The Morgan fingerprint density at radius 2 is 1.81 bits per heavy atom. The number of nitrogen functional groups attached to an aromatic ring is 1. The maximum absolute atomic E-state index is 11.6. The molecule has 0 unspecified atom stereocenters. The van der Waals surface area contributed by atoms with E-state index in [9.17, 15) is 4.79 Å². The summed E-state index contributed by atoms with van der Waals surface area (Å²) >= 11 is 0. The minimum Gasteiger partial charge on any atom is -0.422 e. The summed E-state index contributed by atoms with van der Waals surface area (Å²) in [4.78, 5) is 19.2. The summed E-state index contributed by atoms with van der Waals surface area (Å²) < 4.78 is 5.06. The highest BCUT2D eigenvalue weighted by Gasteiger charge is 2.14. The first-order valence-electron chi connectivity index (χ1n) is 4.61. The number of hydrogen-bond donors (Lipinski definition) is 1. The Bertz CT molecular complexity index is 500. The number of carbonyl (C=O) groups excluding carboxylic acids is 1. The third-order valence-electron chi connectivity index (χ3n) is 1.87. The molecule has 2 rings (SSSR count). The van der Waals surface area contributed by atoms with Crippen LogP contribution >= 0.6 is 0 Å². The SMILES string of the molecule is Nc1nccnc1C(=O)Oc1ccccc1. The van der Waals surface area contributed by atoms with E-state index in [1.54, 1.807) is 24.3 Å². The number of benzene rings is 1. The summed E-state index contributed by atoms with van der Waals surface area (Å²) in [6, 6.07) is 8.70. The van der Waals surface area contributed by atoms with E-state index < -0.39 is 5.97 Å². The van der Waals surface area contributed by atoms with Crippen LogP contribution in [0.15, 0.2) is 42.7 Å². The molecule has 0 aliphatic rings. The second-order valence-electron chi connectivity index (χ2n) is 2.99. The molecule has 0 spiro atoms. The van der Waals surface area contributed by atoms with Crippen molar-refractivity contribution in [2.75, 3.05) is 5.73 Å². The minimum atomic E-state index is -0.614. The second-order valence-corrected chi connectivity index (χ2v) is 2.99. The monoisotopic (exact) mass is 215 g/mol. The smallest absolute Gasteiger partial charge is 0.366 e. The van der Waals surface area contributed by atoms with Crippen molar-refractivity contribution < 1.29 is 9.53 Å². The summed E-state index contributed by atoms with van der Waals surface area (Å²) in [5, 5.41) is 0. The molecule has 1 aromatic heterocycles. The molecule has 0 atom stereocenters. The van der Waals surface area contributed by atoms with E-state index >= 15 is 0 Å². The predicted molar refractivity (Wildman–Crippen MR) is 57.8 cm³/mol. The highest BCUT2D eigenvalue weighted by atomic mass is 16.5. The summed E-state index contributed by atoms with van der Waals surface area (Å²) in [5.41, 5.74) is 5.52. The van der Waals surface area contributed by atoms with Crippen molar-refractivity contribution in [3.63, 3.8) is 0 Å².